The molecule has 0 saturated heterocycles. The van der Waals surface area contributed by atoms with Crippen LogP contribution in [0.15, 0.2) is 48.5 Å². The van der Waals surface area contributed by atoms with Crippen LogP contribution in [-0.2, 0) is 0 Å². The molecule has 0 heterocycles. The predicted molar refractivity (Wildman–Crippen MR) is 58.9 cm³/mol. The van der Waals surface area contributed by atoms with Gasteiger partial charge >= 0.3 is 99.4 Å². The van der Waals surface area contributed by atoms with Crippen molar-refractivity contribution in [1.29, 1.82) is 0 Å². The van der Waals surface area contributed by atoms with Gasteiger partial charge in [-0.3, -0.25) is 0 Å². The second kappa shape index (κ2) is 4.13. The van der Waals surface area contributed by atoms with Gasteiger partial charge in [0, 0.05) is 0 Å². The van der Waals surface area contributed by atoms with Gasteiger partial charge in [0.25, 0.3) is 0 Å². The molecule has 14 heavy (non-hydrogen) atoms. The fourth-order valence-corrected chi connectivity index (χ4v) is 2.08. The van der Waals surface area contributed by atoms with E-state index in [1.165, 1.54) is 8.69 Å². The van der Waals surface area contributed by atoms with Crippen molar-refractivity contribution in [1.82, 2.24) is 0 Å². The van der Waals surface area contributed by atoms with Crippen LogP contribution in [-0.4, -0.2) is 30.9 Å². The first-order chi connectivity index (χ1) is 6.75. The Morgan fingerprint density at radius 1 is 0.714 bits per heavy atom. The van der Waals surface area contributed by atoms with Crippen molar-refractivity contribution in [3.05, 3.63) is 48.5 Å². The van der Waals surface area contributed by atoms with E-state index < -0.39 is 0 Å². The maximum atomic E-state index is 9.15. The maximum absolute atomic E-state index is 9.15. The number of hydrogen-bond donors (Lipinski definition) is 1. The van der Waals surface area contributed by atoms with Crippen molar-refractivity contribution >= 4 is 28.9 Å². The molecule has 0 spiro atoms. The Morgan fingerprint density at radius 2 is 1.14 bits per heavy atom. The molecule has 0 bridgehead atoms. The van der Waals surface area contributed by atoms with Crippen molar-refractivity contribution in [3.63, 3.8) is 0 Å². The average Bonchev–Trinajstić information content (AvgIpc) is 2.21. The molecule has 0 atom stereocenters. The Morgan fingerprint density at radius 3 is 1.64 bits per heavy atom. The molecule has 2 aromatic rings. The molecule has 0 amide bonds. The van der Waals surface area contributed by atoms with Crippen LogP contribution in [0.5, 0.6) is 5.75 Å². The molecule has 66 valence electrons. The molecule has 0 fully saturated rings. The normalized spacial score (nSPS) is 9.93. The number of phenolic OH excluding ortho intramolecular Hbond substituents is 1. The molecule has 0 aromatic heterocycles. The number of aromatic hydroxyl groups is 1. The summed E-state index contributed by atoms with van der Waals surface area (Å²) in [6.45, 7) is 0. The Balaban J connectivity index is 2.40. The Hall–Kier alpha value is -0.838. The third kappa shape index (κ3) is 2.15. The average molecular weight is 374 g/mol. The molecule has 0 aliphatic carbocycles. The van der Waals surface area contributed by atoms with E-state index in [4.69, 9.17) is 5.11 Å². The van der Waals surface area contributed by atoms with E-state index in [-0.39, 0.29) is 0 Å². The van der Waals surface area contributed by atoms with Crippen LogP contribution in [0.4, 0.5) is 0 Å². The van der Waals surface area contributed by atoms with Gasteiger partial charge in [-0.2, -0.15) is 0 Å². The standard InChI is InChI=1S/C12H9O.Tl/c13-12-8-6-11(7-9-12)10-4-2-1-3-5-10;/h2-9,13H;. The summed E-state index contributed by atoms with van der Waals surface area (Å²) in [6.07, 6.45) is 0. The third-order valence-electron chi connectivity index (χ3n) is 2.11. The minimum absolute atomic E-state index is 0.315. The van der Waals surface area contributed by atoms with E-state index in [0.29, 0.717) is 5.75 Å². The van der Waals surface area contributed by atoms with Gasteiger partial charge in [0.1, 0.15) is 0 Å². The Kier molecular flexibility index (Phi) is 2.86. The van der Waals surface area contributed by atoms with Crippen LogP contribution in [0.25, 0.3) is 11.1 Å². The van der Waals surface area contributed by atoms with Gasteiger partial charge in [-0.15, -0.1) is 0 Å². The molecule has 0 unspecified atom stereocenters. The summed E-state index contributed by atoms with van der Waals surface area (Å²) in [7, 11) is 0. The van der Waals surface area contributed by atoms with Crippen LogP contribution in [0.1, 0.15) is 0 Å². The van der Waals surface area contributed by atoms with Gasteiger partial charge in [0.05, 0.1) is 0 Å². The van der Waals surface area contributed by atoms with Gasteiger partial charge < -0.3 is 0 Å². The molecule has 0 aliphatic rings. The zero-order valence-electron chi connectivity index (χ0n) is 7.64. The fraction of sp³-hybridized carbons (Fsp3) is 0. The summed E-state index contributed by atoms with van der Waals surface area (Å²) < 4.78 is 1.42. The van der Waals surface area contributed by atoms with E-state index in [0.717, 1.165) is 31.3 Å². The van der Waals surface area contributed by atoms with Crippen molar-refractivity contribution in [2.75, 3.05) is 0 Å². The molecule has 2 rings (SSSR count). The monoisotopic (exact) mass is 374 g/mol. The summed E-state index contributed by atoms with van der Waals surface area (Å²) in [4.78, 5) is 0. The molecule has 0 radical (unpaired) electrons. The Bertz CT molecular complexity index is 374. The van der Waals surface area contributed by atoms with Gasteiger partial charge in [-0.05, 0) is 0 Å². The second-order valence-electron chi connectivity index (χ2n) is 3.17. The van der Waals surface area contributed by atoms with Crippen LogP contribution >= 0.6 is 0 Å². The first-order valence-electron chi connectivity index (χ1n) is 4.41. The van der Waals surface area contributed by atoms with Crippen molar-refractivity contribution in [3.8, 4) is 16.9 Å². The van der Waals surface area contributed by atoms with E-state index in [1.54, 1.807) is 12.1 Å². The van der Waals surface area contributed by atoms with Crippen LogP contribution in [0.3, 0.4) is 0 Å². The van der Waals surface area contributed by atoms with E-state index in [9.17, 15) is 0 Å². The van der Waals surface area contributed by atoms with Crippen LogP contribution in [0, 0.1) is 0 Å². The predicted octanol–water partition coefficient (Wildman–Crippen LogP) is 1.85. The van der Waals surface area contributed by atoms with Crippen LogP contribution < -0.4 is 3.12 Å². The first-order valence-corrected chi connectivity index (χ1v) is 6.65. The molecular formula is C12H9OTl. The summed E-state index contributed by atoms with van der Waals surface area (Å²) in [5.41, 5.74) is 2.35. The molecule has 2 heteroatoms. The summed E-state index contributed by atoms with van der Waals surface area (Å²) in [5, 5.41) is 9.15. The number of hydrogen-bond acceptors (Lipinski definition) is 1. The zero-order chi connectivity index (χ0) is 9.97. The van der Waals surface area contributed by atoms with Gasteiger partial charge in [-0.1, -0.05) is 0 Å². The summed E-state index contributed by atoms with van der Waals surface area (Å²) >= 11 is 0.897. The summed E-state index contributed by atoms with van der Waals surface area (Å²) in [5.74, 6) is 0.315. The third-order valence-corrected chi connectivity index (χ3v) is 3.61. The molecule has 1 nitrogen and oxygen atoms in total. The minimum atomic E-state index is 0.315. The molecule has 1 N–H and O–H groups in total. The van der Waals surface area contributed by atoms with E-state index >= 15 is 0 Å². The fourth-order valence-electron chi connectivity index (χ4n) is 1.33. The topological polar surface area (TPSA) is 20.2 Å². The van der Waals surface area contributed by atoms with Gasteiger partial charge in [-0.25, -0.2) is 0 Å². The summed E-state index contributed by atoms with van der Waals surface area (Å²) in [6, 6.07) is 15.9. The van der Waals surface area contributed by atoms with E-state index in [2.05, 4.69) is 24.3 Å². The quantitative estimate of drug-likeness (QED) is 0.757. The number of benzene rings is 2. The number of rotatable bonds is 1. The van der Waals surface area contributed by atoms with Crippen LogP contribution in [0.2, 0.25) is 0 Å². The Labute approximate surface area is 99.1 Å². The molecule has 2 aromatic carbocycles. The van der Waals surface area contributed by atoms with Crippen molar-refractivity contribution in [2.45, 2.75) is 0 Å². The van der Waals surface area contributed by atoms with Gasteiger partial charge in [0.2, 0.25) is 0 Å². The van der Waals surface area contributed by atoms with Crippen molar-refractivity contribution < 1.29 is 5.11 Å². The SMILES string of the molecule is Oc1ccc(-c2cc[c]([Tl])cc2)cc1. The molecule has 0 saturated carbocycles. The number of phenols is 1. The molecular weight excluding hydrogens is 365 g/mol. The second-order valence-corrected chi connectivity index (χ2v) is 5.76. The van der Waals surface area contributed by atoms with Gasteiger partial charge in [0.15, 0.2) is 0 Å². The van der Waals surface area contributed by atoms with E-state index in [1.807, 2.05) is 12.1 Å². The van der Waals surface area contributed by atoms with Crippen molar-refractivity contribution in [2.24, 2.45) is 0 Å². The molecule has 0 aliphatic heterocycles. The zero-order valence-corrected chi connectivity index (χ0v) is 12.1. The first kappa shape index (κ1) is 9.71.